The van der Waals surface area contributed by atoms with Gasteiger partial charge in [0.15, 0.2) is 5.69 Å². The summed E-state index contributed by atoms with van der Waals surface area (Å²) in [6.45, 7) is 1.80. The van der Waals surface area contributed by atoms with Gasteiger partial charge in [0.05, 0.1) is 29.8 Å². The summed E-state index contributed by atoms with van der Waals surface area (Å²) in [4.78, 5) is 14.2. The molecule has 0 radical (unpaired) electrons. The first-order valence-electron chi connectivity index (χ1n) is 6.54. The van der Waals surface area contributed by atoms with Gasteiger partial charge < -0.3 is 10.2 Å². The lowest BCUT2D eigenvalue weighted by atomic mass is 10.1. The van der Waals surface area contributed by atoms with Crippen LogP contribution in [0.25, 0.3) is 0 Å². The Morgan fingerprint density at radius 1 is 1.50 bits per heavy atom. The molecule has 2 aromatic rings. The molecule has 3 heterocycles. The van der Waals surface area contributed by atoms with E-state index in [1.54, 1.807) is 4.68 Å². The van der Waals surface area contributed by atoms with Gasteiger partial charge >= 0.3 is 0 Å². The predicted molar refractivity (Wildman–Crippen MR) is 75.8 cm³/mol. The highest BCUT2D eigenvalue weighted by atomic mass is 32.1. The number of carbonyl (C=O) groups excluding carboxylic acids is 1. The molecule has 1 atom stereocenters. The van der Waals surface area contributed by atoms with Crippen molar-refractivity contribution in [2.24, 2.45) is 7.05 Å². The van der Waals surface area contributed by atoms with Crippen molar-refractivity contribution in [1.82, 2.24) is 23.8 Å². The molecule has 1 fully saturated rings. The van der Waals surface area contributed by atoms with E-state index < -0.39 is 0 Å². The van der Waals surface area contributed by atoms with Gasteiger partial charge in [-0.1, -0.05) is 0 Å². The van der Waals surface area contributed by atoms with Gasteiger partial charge in [-0.15, -0.1) is 0 Å². The SMILES string of the molecule is Cn1cc(N2CCC[C@H](NC(=O)c3cnsn3)C2)cn1. The van der Waals surface area contributed by atoms with Gasteiger partial charge in [0.2, 0.25) is 0 Å². The Kier molecular flexibility index (Phi) is 3.64. The zero-order chi connectivity index (χ0) is 13.9. The van der Waals surface area contributed by atoms with Crippen LogP contribution in [0.4, 0.5) is 5.69 Å². The first-order valence-corrected chi connectivity index (χ1v) is 7.27. The summed E-state index contributed by atoms with van der Waals surface area (Å²) < 4.78 is 9.59. The molecule has 1 aliphatic rings. The number of rotatable bonds is 3. The number of amides is 1. The maximum absolute atomic E-state index is 12.0. The molecule has 20 heavy (non-hydrogen) atoms. The number of anilines is 1. The summed E-state index contributed by atoms with van der Waals surface area (Å²) >= 11 is 1.05. The molecule has 0 spiro atoms. The molecule has 1 aliphatic heterocycles. The van der Waals surface area contributed by atoms with Crippen molar-refractivity contribution in [3.8, 4) is 0 Å². The van der Waals surface area contributed by atoms with Crippen LogP contribution in [0.3, 0.4) is 0 Å². The largest absolute Gasteiger partial charge is 0.367 e. The van der Waals surface area contributed by atoms with Gasteiger partial charge in [0.1, 0.15) is 0 Å². The average Bonchev–Trinajstić information content (AvgIpc) is 3.10. The van der Waals surface area contributed by atoms with Gasteiger partial charge in [-0.2, -0.15) is 13.8 Å². The Morgan fingerprint density at radius 3 is 3.10 bits per heavy atom. The number of nitrogens with zero attached hydrogens (tertiary/aromatic N) is 5. The van der Waals surface area contributed by atoms with E-state index >= 15 is 0 Å². The van der Waals surface area contributed by atoms with E-state index in [0.717, 1.165) is 43.3 Å². The van der Waals surface area contributed by atoms with E-state index in [9.17, 15) is 4.79 Å². The van der Waals surface area contributed by atoms with E-state index in [2.05, 4.69) is 24.1 Å². The van der Waals surface area contributed by atoms with Crippen molar-refractivity contribution in [3.63, 3.8) is 0 Å². The normalized spacial score (nSPS) is 19.1. The van der Waals surface area contributed by atoms with Gasteiger partial charge in [-0.05, 0) is 12.8 Å². The van der Waals surface area contributed by atoms with Crippen LogP contribution in [-0.4, -0.2) is 43.6 Å². The van der Waals surface area contributed by atoms with Crippen molar-refractivity contribution in [2.45, 2.75) is 18.9 Å². The maximum atomic E-state index is 12.0. The van der Waals surface area contributed by atoms with Crippen molar-refractivity contribution < 1.29 is 4.79 Å². The molecule has 8 heteroatoms. The molecule has 3 rings (SSSR count). The Hall–Kier alpha value is -1.96. The van der Waals surface area contributed by atoms with E-state index in [1.165, 1.54) is 6.20 Å². The molecule has 1 amide bonds. The second kappa shape index (κ2) is 5.58. The van der Waals surface area contributed by atoms with Crippen LogP contribution in [0, 0.1) is 0 Å². The van der Waals surface area contributed by atoms with Gasteiger partial charge in [0, 0.05) is 32.4 Å². The van der Waals surface area contributed by atoms with E-state index in [0.29, 0.717) is 5.69 Å². The highest BCUT2D eigenvalue weighted by molar-refractivity contribution is 6.99. The average molecular weight is 292 g/mol. The molecule has 1 saturated heterocycles. The number of aromatic nitrogens is 4. The molecule has 0 bridgehead atoms. The monoisotopic (exact) mass is 292 g/mol. The number of hydrogen-bond acceptors (Lipinski definition) is 6. The fourth-order valence-electron chi connectivity index (χ4n) is 2.43. The van der Waals surface area contributed by atoms with E-state index in [-0.39, 0.29) is 11.9 Å². The third-order valence-electron chi connectivity index (χ3n) is 3.41. The maximum Gasteiger partial charge on any atom is 0.272 e. The molecule has 0 unspecified atom stereocenters. The zero-order valence-corrected chi connectivity index (χ0v) is 12.0. The third kappa shape index (κ3) is 2.79. The standard InChI is InChI=1S/C12H16N6OS/c1-17-8-10(5-13-17)18-4-2-3-9(7-18)15-12(19)11-6-14-20-16-11/h5-6,8-9H,2-4,7H2,1H3,(H,15,19)/t9-/m0/s1. The van der Waals surface area contributed by atoms with Crippen molar-refractivity contribution in [3.05, 3.63) is 24.3 Å². The molecule has 2 aromatic heterocycles. The fraction of sp³-hybridized carbons (Fsp3) is 0.500. The zero-order valence-electron chi connectivity index (χ0n) is 11.2. The van der Waals surface area contributed by atoms with Crippen LogP contribution in [0.2, 0.25) is 0 Å². The smallest absolute Gasteiger partial charge is 0.272 e. The minimum Gasteiger partial charge on any atom is -0.367 e. The summed E-state index contributed by atoms with van der Waals surface area (Å²) in [5.41, 5.74) is 1.50. The Bertz CT molecular complexity index is 581. The number of piperidine rings is 1. The van der Waals surface area contributed by atoms with Crippen molar-refractivity contribution in [1.29, 1.82) is 0 Å². The number of hydrogen-bond donors (Lipinski definition) is 1. The van der Waals surface area contributed by atoms with Crippen LogP contribution in [-0.2, 0) is 7.05 Å². The lowest BCUT2D eigenvalue weighted by Gasteiger charge is -2.33. The Labute approximate surface area is 120 Å². The summed E-state index contributed by atoms with van der Waals surface area (Å²) in [6, 6.07) is 0.137. The lowest BCUT2D eigenvalue weighted by Crippen LogP contribution is -2.47. The Morgan fingerprint density at radius 2 is 2.40 bits per heavy atom. The second-order valence-electron chi connectivity index (χ2n) is 4.92. The molecular weight excluding hydrogens is 276 g/mol. The topological polar surface area (TPSA) is 75.9 Å². The first kappa shape index (κ1) is 13.0. The Balaban J connectivity index is 1.62. The van der Waals surface area contributed by atoms with E-state index in [4.69, 9.17) is 0 Å². The molecule has 106 valence electrons. The van der Waals surface area contributed by atoms with Gasteiger partial charge in [-0.25, -0.2) is 0 Å². The molecule has 0 saturated carbocycles. The molecule has 0 aliphatic carbocycles. The van der Waals surface area contributed by atoms with Crippen LogP contribution in [0.1, 0.15) is 23.3 Å². The number of aryl methyl sites for hydroxylation is 1. The van der Waals surface area contributed by atoms with Crippen molar-refractivity contribution in [2.75, 3.05) is 18.0 Å². The first-order chi connectivity index (χ1) is 9.72. The highest BCUT2D eigenvalue weighted by Crippen LogP contribution is 2.19. The minimum atomic E-state index is -0.142. The minimum absolute atomic E-state index is 0.137. The molecule has 0 aromatic carbocycles. The van der Waals surface area contributed by atoms with Crippen LogP contribution in [0.5, 0.6) is 0 Å². The van der Waals surface area contributed by atoms with Crippen LogP contribution < -0.4 is 10.2 Å². The number of carbonyl (C=O) groups is 1. The van der Waals surface area contributed by atoms with Crippen LogP contribution in [0.15, 0.2) is 18.6 Å². The van der Waals surface area contributed by atoms with E-state index in [1.807, 2.05) is 19.4 Å². The van der Waals surface area contributed by atoms with Crippen molar-refractivity contribution >= 4 is 23.3 Å². The lowest BCUT2D eigenvalue weighted by molar-refractivity contribution is 0.0929. The summed E-state index contributed by atoms with van der Waals surface area (Å²) in [5, 5.41) is 7.21. The van der Waals surface area contributed by atoms with Gasteiger partial charge in [-0.3, -0.25) is 9.48 Å². The summed E-state index contributed by atoms with van der Waals surface area (Å²) in [6.07, 6.45) is 7.39. The van der Waals surface area contributed by atoms with Crippen LogP contribution >= 0.6 is 11.7 Å². The predicted octanol–water partition coefficient (Wildman–Crippen LogP) is 0.670. The summed E-state index contributed by atoms with van der Waals surface area (Å²) in [5.74, 6) is -0.142. The highest BCUT2D eigenvalue weighted by Gasteiger charge is 2.23. The van der Waals surface area contributed by atoms with Gasteiger partial charge in [0.25, 0.3) is 5.91 Å². The quantitative estimate of drug-likeness (QED) is 0.900. The number of nitrogens with one attached hydrogen (secondary N) is 1. The summed E-state index contributed by atoms with van der Waals surface area (Å²) in [7, 11) is 1.90. The fourth-order valence-corrected chi connectivity index (χ4v) is 2.84. The molecule has 7 nitrogen and oxygen atoms in total. The molecular formula is C12H16N6OS. The second-order valence-corrected chi connectivity index (χ2v) is 5.48. The third-order valence-corrected chi connectivity index (χ3v) is 3.88. The molecule has 1 N–H and O–H groups in total.